The summed E-state index contributed by atoms with van der Waals surface area (Å²) in [5.41, 5.74) is 9.75. The van der Waals surface area contributed by atoms with Crippen molar-refractivity contribution >= 4 is 28.1 Å². The van der Waals surface area contributed by atoms with Gasteiger partial charge < -0.3 is 5.73 Å². The summed E-state index contributed by atoms with van der Waals surface area (Å²) in [5.74, 6) is 0.497. The minimum atomic E-state index is -3.26. The van der Waals surface area contributed by atoms with Gasteiger partial charge in [-0.2, -0.15) is 0 Å². The molecule has 0 unspecified atom stereocenters. The van der Waals surface area contributed by atoms with Gasteiger partial charge in [-0.15, -0.1) is 12.4 Å². The Morgan fingerprint density at radius 1 is 1.09 bits per heavy atom. The second kappa shape index (κ2) is 6.28. The Hall–Kier alpha value is -1.56. The van der Waals surface area contributed by atoms with Gasteiger partial charge in [0.25, 0.3) is 0 Å². The number of hydrogen-bond acceptors (Lipinski definition) is 3. The second-order valence-electron chi connectivity index (χ2n) is 5.58. The molecule has 1 fully saturated rings. The van der Waals surface area contributed by atoms with E-state index >= 15 is 0 Å². The van der Waals surface area contributed by atoms with E-state index in [-0.39, 0.29) is 12.4 Å². The van der Waals surface area contributed by atoms with Crippen LogP contribution in [0.2, 0.25) is 0 Å². The molecule has 22 heavy (non-hydrogen) atoms. The molecule has 2 aromatic carbocycles. The molecule has 6 heteroatoms. The molecule has 2 atom stereocenters. The summed E-state index contributed by atoms with van der Waals surface area (Å²) in [6.07, 6.45) is 2.21. The van der Waals surface area contributed by atoms with Crippen molar-refractivity contribution in [3.63, 3.8) is 0 Å². The first-order valence-corrected chi connectivity index (χ1v) is 8.75. The monoisotopic (exact) mass is 338 g/mol. The van der Waals surface area contributed by atoms with Crippen molar-refractivity contribution in [2.45, 2.75) is 18.4 Å². The van der Waals surface area contributed by atoms with Crippen molar-refractivity contribution in [3.8, 4) is 11.1 Å². The Labute approximate surface area is 137 Å². The smallest absolute Gasteiger partial charge is 0.229 e. The third kappa shape index (κ3) is 4.00. The zero-order chi connectivity index (χ0) is 15.0. The van der Waals surface area contributed by atoms with Gasteiger partial charge in [0.05, 0.1) is 6.26 Å². The lowest BCUT2D eigenvalue weighted by atomic mass is 10.0. The standard InChI is InChI=1S/C16H18N2O2S.ClH/c1-21(19,20)18-14-4-2-3-13(9-14)11-5-7-12(8-6-11)15-10-16(15)17;/h2-9,15-16,18H,10,17H2,1H3;1H/t15-,16+;/m1./s1. The summed E-state index contributed by atoms with van der Waals surface area (Å²) in [6, 6.07) is 16.0. The predicted octanol–water partition coefficient (Wildman–Crippen LogP) is 2.96. The Kier molecular flexibility index (Phi) is 4.80. The first-order chi connectivity index (χ1) is 9.92. The Morgan fingerprint density at radius 3 is 2.27 bits per heavy atom. The molecule has 0 radical (unpaired) electrons. The molecular formula is C16H19ClN2O2S. The Balaban J connectivity index is 0.00000176. The molecule has 0 saturated heterocycles. The van der Waals surface area contributed by atoms with Gasteiger partial charge in [-0.1, -0.05) is 36.4 Å². The van der Waals surface area contributed by atoms with Crippen molar-refractivity contribution in [1.29, 1.82) is 0 Å². The van der Waals surface area contributed by atoms with Crippen LogP contribution < -0.4 is 10.5 Å². The first-order valence-electron chi connectivity index (χ1n) is 6.86. The summed E-state index contributed by atoms with van der Waals surface area (Å²) in [6.45, 7) is 0. The Morgan fingerprint density at radius 2 is 1.73 bits per heavy atom. The van der Waals surface area contributed by atoms with Crippen LogP contribution in [0.15, 0.2) is 48.5 Å². The average molecular weight is 339 g/mol. The number of benzene rings is 2. The summed E-state index contributed by atoms with van der Waals surface area (Å²) < 4.78 is 25.1. The molecule has 0 amide bonds. The van der Waals surface area contributed by atoms with E-state index in [1.54, 1.807) is 6.07 Å². The van der Waals surface area contributed by atoms with Crippen molar-refractivity contribution < 1.29 is 8.42 Å². The lowest BCUT2D eigenvalue weighted by molar-refractivity contribution is 0.607. The van der Waals surface area contributed by atoms with E-state index in [0.717, 1.165) is 23.8 Å². The van der Waals surface area contributed by atoms with Gasteiger partial charge in [-0.25, -0.2) is 8.42 Å². The summed E-state index contributed by atoms with van der Waals surface area (Å²) >= 11 is 0. The number of anilines is 1. The van der Waals surface area contributed by atoms with E-state index in [1.807, 2.05) is 18.2 Å². The van der Waals surface area contributed by atoms with Crippen LogP contribution in [0.1, 0.15) is 17.9 Å². The fourth-order valence-corrected chi connectivity index (χ4v) is 3.05. The minimum Gasteiger partial charge on any atom is -0.327 e. The van der Waals surface area contributed by atoms with Crippen LogP contribution in [0, 0.1) is 0 Å². The molecule has 0 aromatic heterocycles. The van der Waals surface area contributed by atoms with Gasteiger partial charge in [-0.05, 0) is 35.2 Å². The SMILES string of the molecule is CS(=O)(=O)Nc1cccc(-c2ccc([C@H]3C[C@@H]3N)cc2)c1.Cl. The molecule has 1 aliphatic rings. The molecule has 118 valence electrons. The topological polar surface area (TPSA) is 72.2 Å². The summed E-state index contributed by atoms with van der Waals surface area (Å²) in [5, 5.41) is 0. The first kappa shape index (κ1) is 16.8. The van der Waals surface area contributed by atoms with Crippen LogP contribution in [0.25, 0.3) is 11.1 Å². The number of nitrogens with one attached hydrogen (secondary N) is 1. The largest absolute Gasteiger partial charge is 0.327 e. The number of hydrogen-bond donors (Lipinski definition) is 2. The molecule has 4 nitrogen and oxygen atoms in total. The number of sulfonamides is 1. The minimum absolute atomic E-state index is 0. The maximum absolute atomic E-state index is 11.3. The van der Waals surface area contributed by atoms with Crippen LogP contribution >= 0.6 is 12.4 Å². The molecule has 0 spiro atoms. The van der Waals surface area contributed by atoms with Crippen LogP contribution in [-0.4, -0.2) is 20.7 Å². The van der Waals surface area contributed by atoms with Gasteiger partial charge in [-0.3, -0.25) is 4.72 Å². The molecule has 2 aromatic rings. The maximum atomic E-state index is 11.3. The number of nitrogens with two attached hydrogens (primary N) is 1. The number of rotatable bonds is 4. The van der Waals surface area contributed by atoms with Crippen molar-refractivity contribution in [2.75, 3.05) is 11.0 Å². The van der Waals surface area contributed by atoms with E-state index in [1.165, 1.54) is 5.56 Å². The summed E-state index contributed by atoms with van der Waals surface area (Å²) in [7, 11) is -3.26. The van der Waals surface area contributed by atoms with Crippen molar-refractivity contribution in [1.82, 2.24) is 0 Å². The third-order valence-electron chi connectivity index (χ3n) is 3.68. The molecule has 3 rings (SSSR count). The van der Waals surface area contributed by atoms with E-state index < -0.39 is 10.0 Å². The molecule has 0 aliphatic heterocycles. The van der Waals surface area contributed by atoms with Crippen molar-refractivity contribution in [2.24, 2.45) is 5.73 Å². The lowest BCUT2D eigenvalue weighted by Gasteiger charge is -2.08. The molecule has 0 heterocycles. The van der Waals surface area contributed by atoms with Crippen LogP contribution in [0.4, 0.5) is 5.69 Å². The maximum Gasteiger partial charge on any atom is 0.229 e. The van der Waals surface area contributed by atoms with E-state index in [9.17, 15) is 8.42 Å². The normalized spacial score (nSPS) is 20.1. The summed E-state index contributed by atoms with van der Waals surface area (Å²) in [4.78, 5) is 0. The van der Waals surface area contributed by atoms with Gasteiger partial charge >= 0.3 is 0 Å². The highest BCUT2D eigenvalue weighted by Crippen LogP contribution is 2.39. The highest BCUT2D eigenvalue weighted by molar-refractivity contribution is 7.92. The van der Waals surface area contributed by atoms with Gasteiger partial charge in [0.2, 0.25) is 10.0 Å². The third-order valence-corrected chi connectivity index (χ3v) is 4.28. The quantitative estimate of drug-likeness (QED) is 0.900. The molecule has 0 bridgehead atoms. The van der Waals surface area contributed by atoms with E-state index in [4.69, 9.17) is 5.73 Å². The van der Waals surface area contributed by atoms with Crippen molar-refractivity contribution in [3.05, 3.63) is 54.1 Å². The lowest BCUT2D eigenvalue weighted by Crippen LogP contribution is -2.09. The predicted molar refractivity (Wildman–Crippen MR) is 92.9 cm³/mol. The fourth-order valence-electron chi connectivity index (χ4n) is 2.50. The molecule has 1 saturated carbocycles. The van der Waals surface area contributed by atoms with Crippen LogP contribution in [-0.2, 0) is 10.0 Å². The van der Waals surface area contributed by atoms with Gasteiger partial charge in [0.15, 0.2) is 0 Å². The fraction of sp³-hybridized carbons (Fsp3) is 0.250. The second-order valence-corrected chi connectivity index (χ2v) is 7.33. The van der Waals surface area contributed by atoms with Crippen LogP contribution in [0.3, 0.4) is 0 Å². The molecule has 3 N–H and O–H groups in total. The molecular weight excluding hydrogens is 320 g/mol. The molecule has 1 aliphatic carbocycles. The van der Waals surface area contributed by atoms with Crippen LogP contribution in [0.5, 0.6) is 0 Å². The number of halogens is 1. The highest BCUT2D eigenvalue weighted by atomic mass is 35.5. The Bertz CT molecular complexity index is 760. The zero-order valence-corrected chi connectivity index (χ0v) is 13.8. The average Bonchev–Trinajstić information content (AvgIpc) is 3.14. The zero-order valence-electron chi connectivity index (χ0n) is 12.2. The van der Waals surface area contributed by atoms with Gasteiger partial charge in [0, 0.05) is 17.6 Å². The van der Waals surface area contributed by atoms with E-state index in [0.29, 0.717) is 17.6 Å². The van der Waals surface area contributed by atoms with Gasteiger partial charge in [0.1, 0.15) is 0 Å². The highest BCUT2D eigenvalue weighted by Gasteiger charge is 2.34. The van der Waals surface area contributed by atoms with E-state index in [2.05, 4.69) is 29.0 Å².